The number of halogens is 1. The van der Waals surface area contributed by atoms with E-state index in [1.807, 2.05) is 6.92 Å². The Balaban J connectivity index is 2.38. The van der Waals surface area contributed by atoms with E-state index in [9.17, 15) is 12.8 Å². The highest BCUT2D eigenvalue weighted by Gasteiger charge is 2.30. The highest BCUT2D eigenvalue weighted by molar-refractivity contribution is 7.89. The summed E-state index contributed by atoms with van der Waals surface area (Å²) >= 11 is 0. The molecule has 1 saturated heterocycles. The van der Waals surface area contributed by atoms with Crippen molar-refractivity contribution in [1.29, 1.82) is 0 Å². The Kier molecular flexibility index (Phi) is 4.78. The molecule has 20 heavy (non-hydrogen) atoms. The van der Waals surface area contributed by atoms with Gasteiger partial charge in [0.15, 0.2) is 0 Å². The molecular weight excluding hydrogens is 279 g/mol. The smallest absolute Gasteiger partial charge is 0.243 e. The lowest BCUT2D eigenvalue weighted by atomic mass is 10.1. The van der Waals surface area contributed by atoms with E-state index in [4.69, 9.17) is 5.73 Å². The first-order valence-electron chi connectivity index (χ1n) is 6.97. The molecule has 0 spiro atoms. The van der Waals surface area contributed by atoms with Crippen molar-refractivity contribution in [3.63, 3.8) is 0 Å². The van der Waals surface area contributed by atoms with Crippen molar-refractivity contribution in [2.45, 2.75) is 50.1 Å². The van der Waals surface area contributed by atoms with Gasteiger partial charge in [0.2, 0.25) is 10.0 Å². The predicted octanol–water partition coefficient (Wildman–Crippen LogP) is 2.24. The van der Waals surface area contributed by atoms with Gasteiger partial charge in [0.25, 0.3) is 0 Å². The molecule has 1 fully saturated rings. The molecule has 0 radical (unpaired) electrons. The summed E-state index contributed by atoms with van der Waals surface area (Å²) in [5.74, 6) is -0.463. The summed E-state index contributed by atoms with van der Waals surface area (Å²) < 4.78 is 40.4. The number of rotatable bonds is 3. The summed E-state index contributed by atoms with van der Waals surface area (Å²) in [4.78, 5) is 0.133. The largest absolute Gasteiger partial charge is 0.326 e. The van der Waals surface area contributed by atoms with Crippen molar-refractivity contribution < 1.29 is 12.8 Å². The predicted molar refractivity (Wildman–Crippen MR) is 76.1 cm³/mol. The molecule has 1 aromatic rings. The fourth-order valence-corrected chi connectivity index (χ4v) is 4.36. The van der Waals surface area contributed by atoms with E-state index in [0.717, 1.165) is 25.7 Å². The van der Waals surface area contributed by atoms with Crippen LogP contribution in [0.4, 0.5) is 4.39 Å². The molecule has 0 aromatic heterocycles. The number of hydrogen-bond donors (Lipinski definition) is 1. The molecular formula is C14H21FN2O2S. The molecule has 0 aliphatic carbocycles. The van der Waals surface area contributed by atoms with Gasteiger partial charge in [0, 0.05) is 24.7 Å². The molecule has 1 heterocycles. The Bertz CT molecular complexity index is 575. The normalized spacial score (nSPS) is 21.6. The molecule has 1 unspecified atom stereocenters. The second-order valence-corrected chi connectivity index (χ2v) is 7.16. The minimum Gasteiger partial charge on any atom is -0.326 e. The molecule has 0 bridgehead atoms. The van der Waals surface area contributed by atoms with Crippen LogP contribution < -0.4 is 5.73 Å². The maximum absolute atomic E-state index is 13.5. The van der Waals surface area contributed by atoms with Gasteiger partial charge in [-0.1, -0.05) is 12.8 Å². The summed E-state index contributed by atoms with van der Waals surface area (Å²) in [7, 11) is -3.57. The van der Waals surface area contributed by atoms with E-state index in [1.54, 1.807) is 0 Å². The highest BCUT2D eigenvalue weighted by Crippen LogP contribution is 2.25. The number of benzene rings is 1. The van der Waals surface area contributed by atoms with Crippen molar-refractivity contribution >= 4 is 10.0 Å². The maximum Gasteiger partial charge on any atom is 0.243 e. The van der Waals surface area contributed by atoms with Crippen LogP contribution in [0.1, 0.15) is 38.2 Å². The van der Waals surface area contributed by atoms with Gasteiger partial charge in [0.1, 0.15) is 5.82 Å². The van der Waals surface area contributed by atoms with Crippen LogP contribution in [0.3, 0.4) is 0 Å². The molecule has 0 amide bonds. The van der Waals surface area contributed by atoms with Gasteiger partial charge >= 0.3 is 0 Å². The summed E-state index contributed by atoms with van der Waals surface area (Å²) in [5, 5.41) is 0. The lowest BCUT2D eigenvalue weighted by Gasteiger charge is -2.26. The van der Waals surface area contributed by atoms with E-state index in [-0.39, 0.29) is 23.0 Å². The average Bonchev–Trinajstić information content (AvgIpc) is 2.64. The summed E-state index contributed by atoms with van der Waals surface area (Å²) in [6.07, 6.45) is 3.83. The SMILES string of the molecule is CC1CCCCCN1S(=O)(=O)c1ccc(F)c(CN)c1. The molecule has 4 nitrogen and oxygen atoms in total. The van der Waals surface area contributed by atoms with Gasteiger partial charge < -0.3 is 5.73 Å². The molecule has 2 N–H and O–H groups in total. The van der Waals surface area contributed by atoms with Crippen LogP contribution in [0.5, 0.6) is 0 Å². The van der Waals surface area contributed by atoms with Crippen LogP contribution >= 0.6 is 0 Å². The lowest BCUT2D eigenvalue weighted by Crippen LogP contribution is -2.38. The minimum atomic E-state index is -3.57. The molecule has 1 atom stereocenters. The van der Waals surface area contributed by atoms with Crippen molar-refractivity contribution in [2.75, 3.05) is 6.54 Å². The van der Waals surface area contributed by atoms with Crippen LogP contribution in [0.2, 0.25) is 0 Å². The Morgan fingerprint density at radius 1 is 1.35 bits per heavy atom. The van der Waals surface area contributed by atoms with Crippen LogP contribution in [-0.2, 0) is 16.6 Å². The van der Waals surface area contributed by atoms with Gasteiger partial charge in [-0.25, -0.2) is 12.8 Å². The van der Waals surface area contributed by atoms with Crippen LogP contribution in [0.25, 0.3) is 0 Å². The first kappa shape index (κ1) is 15.4. The van der Waals surface area contributed by atoms with E-state index in [1.165, 1.54) is 22.5 Å². The Hall–Kier alpha value is -0.980. The number of nitrogens with zero attached hydrogens (tertiary/aromatic N) is 1. The van der Waals surface area contributed by atoms with Crippen molar-refractivity contribution in [2.24, 2.45) is 5.73 Å². The van der Waals surface area contributed by atoms with Gasteiger partial charge in [0.05, 0.1) is 4.90 Å². The molecule has 1 aliphatic heterocycles. The van der Waals surface area contributed by atoms with Gasteiger partial charge in [-0.3, -0.25) is 0 Å². The third-order valence-corrected chi connectivity index (χ3v) is 5.85. The van der Waals surface area contributed by atoms with Crippen LogP contribution in [0.15, 0.2) is 23.1 Å². The number of hydrogen-bond acceptors (Lipinski definition) is 3. The second-order valence-electron chi connectivity index (χ2n) is 5.27. The third kappa shape index (κ3) is 3.02. The molecule has 1 aliphatic rings. The molecule has 112 valence electrons. The molecule has 0 saturated carbocycles. The Morgan fingerprint density at radius 2 is 2.10 bits per heavy atom. The Morgan fingerprint density at radius 3 is 2.80 bits per heavy atom. The minimum absolute atomic E-state index is 0.00918. The zero-order valence-corrected chi connectivity index (χ0v) is 12.5. The third-order valence-electron chi connectivity index (χ3n) is 3.84. The monoisotopic (exact) mass is 300 g/mol. The second kappa shape index (κ2) is 6.20. The molecule has 2 rings (SSSR count). The number of sulfonamides is 1. The number of nitrogens with two attached hydrogens (primary N) is 1. The topological polar surface area (TPSA) is 63.4 Å². The van der Waals surface area contributed by atoms with E-state index in [2.05, 4.69) is 0 Å². The van der Waals surface area contributed by atoms with Gasteiger partial charge in [-0.2, -0.15) is 4.31 Å². The fourth-order valence-electron chi connectivity index (χ4n) is 2.61. The first-order chi connectivity index (χ1) is 9.46. The Labute approximate surface area is 119 Å². The fraction of sp³-hybridized carbons (Fsp3) is 0.571. The summed E-state index contributed by atoms with van der Waals surface area (Å²) in [6.45, 7) is 2.44. The zero-order valence-electron chi connectivity index (χ0n) is 11.7. The zero-order chi connectivity index (χ0) is 14.8. The van der Waals surface area contributed by atoms with Crippen LogP contribution in [0, 0.1) is 5.82 Å². The van der Waals surface area contributed by atoms with E-state index >= 15 is 0 Å². The van der Waals surface area contributed by atoms with E-state index < -0.39 is 15.8 Å². The van der Waals surface area contributed by atoms with Crippen LogP contribution in [-0.4, -0.2) is 25.3 Å². The van der Waals surface area contributed by atoms with Crippen molar-refractivity contribution in [3.05, 3.63) is 29.6 Å². The highest BCUT2D eigenvalue weighted by atomic mass is 32.2. The first-order valence-corrected chi connectivity index (χ1v) is 8.41. The lowest BCUT2D eigenvalue weighted by molar-refractivity contribution is 0.342. The maximum atomic E-state index is 13.5. The molecule has 1 aromatic carbocycles. The standard InChI is InChI=1S/C14H21FN2O2S/c1-11-5-3-2-4-8-17(11)20(18,19)13-6-7-14(15)12(9-13)10-16/h6-7,9,11H,2-5,8,10,16H2,1H3. The van der Waals surface area contributed by atoms with Crippen molar-refractivity contribution in [3.8, 4) is 0 Å². The average molecular weight is 300 g/mol. The van der Waals surface area contributed by atoms with E-state index in [0.29, 0.717) is 6.54 Å². The molecule has 6 heteroatoms. The van der Waals surface area contributed by atoms with Gasteiger partial charge in [-0.05, 0) is 38.0 Å². The van der Waals surface area contributed by atoms with Crippen molar-refractivity contribution in [1.82, 2.24) is 4.31 Å². The summed E-state index contributed by atoms with van der Waals surface area (Å²) in [6, 6.07) is 3.83. The summed E-state index contributed by atoms with van der Waals surface area (Å²) in [5.41, 5.74) is 5.68. The van der Waals surface area contributed by atoms with Gasteiger partial charge in [-0.15, -0.1) is 0 Å². The quantitative estimate of drug-likeness (QED) is 0.931.